The minimum atomic E-state index is -2.27. The molecule has 1 heterocycles. The third-order valence-corrected chi connectivity index (χ3v) is 5.07. The summed E-state index contributed by atoms with van der Waals surface area (Å²) in [5.74, 6) is -10.7. The van der Waals surface area contributed by atoms with Crippen LogP contribution in [0.3, 0.4) is 0 Å². The van der Waals surface area contributed by atoms with Crippen molar-refractivity contribution in [3.8, 4) is 0 Å². The fourth-order valence-corrected chi connectivity index (χ4v) is 3.52. The Morgan fingerprint density at radius 2 is 1.47 bits per heavy atom. The predicted octanol–water partition coefficient (Wildman–Crippen LogP) is 4.85. The van der Waals surface area contributed by atoms with E-state index in [0.29, 0.717) is 17.1 Å². The third kappa shape index (κ3) is 5.28. The molecule has 0 atom stereocenters. The molecule has 1 N–H and O–H groups in total. The Bertz CT molecular complexity index is 1150. The lowest BCUT2D eigenvalue weighted by Gasteiger charge is -2.05. The highest BCUT2D eigenvalue weighted by Crippen LogP contribution is 2.22. The lowest BCUT2D eigenvalue weighted by atomic mass is 10.1. The minimum Gasteiger partial charge on any atom is -0.267 e. The van der Waals surface area contributed by atoms with Gasteiger partial charge in [0.2, 0.25) is 5.82 Å². The first-order valence-corrected chi connectivity index (χ1v) is 10.0. The molecule has 0 unspecified atom stereocenters. The van der Waals surface area contributed by atoms with Gasteiger partial charge in [-0.2, -0.15) is 5.10 Å². The van der Waals surface area contributed by atoms with Crippen molar-refractivity contribution in [2.24, 2.45) is 5.10 Å². The summed E-state index contributed by atoms with van der Waals surface area (Å²) in [6.07, 6.45) is 0.350. The van der Waals surface area contributed by atoms with Crippen molar-refractivity contribution in [1.29, 1.82) is 0 Å². The largest absolute Gasteiger partial charge is 0.271 e. The van der Waals surface area contributed by atoms with E-state index < -0.39 is 40.6 Å². The lowest BCUT2D eigenvalue weighted by Crippen LogP contribution is -2.18. The number of nitrogens with zero attached hydrogens (tertiary/aromatic N) is 3. The van der Waals surface area contributed by atoms with Gasteiger partial charge in [-0.05, 0) is 37.6 Å². The van der Waals surface area contributed by atoms with Gasteiger partial charge in [0.25, 0.3) is 5.91 Å². The quantitative estimate of drug-likeness (QED) is 0.107. The van der Waals surface area contributed by atoms with Gasteiger partial charge in [-0.15, -0.1) is 0 Å². The highest BCUT2D eigenvalue weighted by molar-refractivity contribution is 7.98. The van der Waals surface area contributed by atoms with E-state index in [2.05, 4.69) is 15.1 Å². The molecule has 3 rings (SSSR count). The zero-order valence-electron chi connectivity index (χ0n) is 16.7. The van der Waals surface area contributed by atoms with Gasteiger partial charge in [-0.3, -0.25) is 4.79 Å². The molecular weight excluding hydrogens is 451 g/mol. The summed E-state index contributed by atoms with van der Waals surface area (Å²) in [6.45, 7) is 3.75. The van der Waals surface area contributed by atoms with E-state index >= 15 is 0 Å². The molecule has 0 aliphatic heterocycles. The zero-order chi connectivity index (χ0) is 23.4. The number of hydrogen-bond acceptors (Lipinski definition) is 5. The maximum absolute atomic E-state index is 13.6. The summed E-state index contributed by atoms with van der Waals surface area (Å²) in [4.78, 5) is 20.8. The molecule has 11 heteroatoms. The smallest absolute Gasteiger partial charge is 0.267 e. The van der Waals surface area contributed by atoms with Gasteiger partial charge in [-0.25, -0.2) is 37.3 Å². The number of aromatic nitrogens is 2. The number of nitrogens with one attached hydrogen (secondary N) is 1. The highest BCUT2D eigenvalue weighted by Gasteiger charge is 2.24. The minimum absolute atomic E-state index is 0.177. The SMILES string of the molecule is Cc1cc(C)nc(SCc2ccc(C(=O)N/N=C/c3c(F)c(F)c(F)c(F)c3F)cc2)n1. The van der Waals surface area contributed by atoms with E-state index in [1.807, 2.05) is 25.3 Å². The molecule has 166 valence electrons. The average molecular weight is 466 g/mol. The predicted molar refractivity (Wildman–Crippen MR) is 109 cm³/mol. The van der Waals surface area contributed by atoms with Gasteiger partial charge in [0.1, 0.15) is 0 Å². The molecule has 1 amide bonds. The number of thioether (sulfide) groups is 1. The number of halogens is 5. The maximum atomic E-state index is 13.6. The fourth-order valence-electron chi connectivity index (χ4n) is 2.61. The molecular formula is C21H15F5N4OS. The summed E-state index contributed by atoms with van der Waals surface area (Å²) >= 11 is 1.43. The van der Waals surface area contributed by atoms with Gasteiger partial charge < -0.3 is 0 Å². The Morgan fingerprint density at radius 3 is 2.03 bits per heavy atom. The second kappa shape index (κ2) is 9.86. The molecule has 0 saturated carbocycles. The molecule has 0 radical (unpaired) electrons. The van der Waals surface area contributed by atoms with Crippen LogP contribution in [0.4, 0.5) is 22.0 Å². The molecule has 0 aliphatic carbocycles. The van der Waals surface area contributed by atoms with Gasteiger partial charge in [0, 0.05) is 22.7 Å². The molecule has 0 saturated heterocycles. The van der Waals surface area contributed by atoms with Crippen molar-refractivity contribution in [3.63, 3.8) is 0 Å². The van der Waals surface area contributed by atoms with Crippen LogP contribution >= 0.6 is 11.8 Å². The Balaban J connectivity index is 1.63. The Labute approximate surface area is 183 Å². The molecule has 1 aromatic heterocycles. The van der Waals surface area contributed by atoms with Crippen LogP contribution in [0, 0.1) is 42.9 Å². The normalized spacial score (nSPS) is 11.2. The average Bonchev–Trinajstić information content (AvgIpc) is 2.77. The second-order valence-electron chi connectivity index (χ2n) is 6.60. The number of hydrazone groups is 1. The first-order valence-electron chi connectivity index (χ1n) is 9.06. The fraction of sp³-hybridized carbons (Fsp3) is 0.143. The maximum Gasteiger partial charge on any atom is 0.271 e. The standard InChI is InChI=1S/C21H15F5N4OS/c1-10-7-11(2)29-21(28-10)32-9-12-3-5-13(6-4-12)20(31)30-27-8-14-15(22)17(24)19(26)18(25)16(14)23/h3-8H,9H2,1-2H3,(H,30,31)/b27-8+. The Morgan fingerprint density at radius 1 is 0.938 bits per heavy atom. The molecule has 0 fully saturated rings. The van der Waals surface area contributed by atoms with Gasteiger partial charge >= 0.3 is 0 Å². The van der Waals surface area contributed by atoms with E-state index in [1.54, 1.807) is 12.1 Å². The molecule has 0 bridgehead atoms. The molecule has 0 aliphatic rings. The number of carbonyl (C=O) groups is 1. The number of rotatable bonds is 6. The van der Waals surface area contributed by atoms with Crippen LogP contribution in [0.1, 0.15) is 32.9 Å². The van der Waals surface area contributed by atoms with E-state index in [9.17, 15) is 26.7 Å². The van der Waals surface area contributed by atoms with E-state index in [0.717, 1.165) is 17.0 Å². The number of carbonyl (C=O) groups excluding carboxylic acids is 1. The van der Waals surface area contributed by atoms with Crippen molar-refractivity contribution in [2.45, 2.75) is 24.8 Å². The van der Waals surface area contributed by atoms with Crippen LogP contribution in [0.2, 0.25) is 0 Å². The number of hydrogen-bond donors (Lipinski definition) is 1. The van der Waals surface area contributed by atoms with E-state index in [1.165, 1.54) is 23.9 Å². The molecule has 0 spiro atoms. The Hall–Kier alpha value is -3.34. The monoisotopic (exact) mass is 466 g/mol. The molecule has 5 nitrogen and oxygen atoms in total. The summed E-state index contributed by atoms with van der Waals surface area (Å²) < 4.78 is 66.6. The molecule has 2 aromatic carbocycles. The number of benzene rings is 2. The Kier molecular flexibility index (Phi) is 7.18. The summed E-state index contributed by atoms with van der Waals surface area (Å²) in [5.41, 5.74) is 3.50. The van der Waals surface area contributed by atoms with Crippen LogP contribution in [0.15, 0.2) is 40.6 Å². The van der Waals surface area contributed by atoms with Crippen molar-refractivity contribution < 1.29 is 26.7 Å². The van der Waals surface area contributed by atoms with Crippen molar-refractivity contribution in [3.05, 3.63) is 87.5 Å². The number of aryl methyl sites for hydroxylation is 2. The first kappa shape index (κ1) is 23.3. The molecule has 32 heavy (non-hydrogen) atoms. The van der Waals surface area contributed by atoms with Gasteiger partial charge in [0.15, 0.2) is 28.4 Å². The van der Waals surface area contributed by atoms with Crippen LogP contribution in [0.5, 0.6) is 0 Å². The van der Waals surface area contributed by atoms with E-state index in [-0.39, 0.29) is 5.56 Å². The topological polar surface area (TPSA) is 67.2 Å². The summed E-state index contributed by atoms with van der Waals surface area (Å²) in [5, 5.41) is 3.92. The zero-order valence-corrected chi connectivity index (χ0v) is 17.5. The van der Waals surface area contributed by atoms with Crippen molar-refractivity contribution in [1.82, 2.24) is 15.4 Å². The van der Waals surface area contributed by atoms with Crippen LogP contribution in [0.25, 0.3) is 0 Å². The first-order chi connectivity index (χ1) is 15.2. The van der Waals surface area contributed by atoms with Crippen molar-refractivity contribution >= 4 is 23.9 Å². The lowest BCUT2D eigenvalue weighted by molar-refractivity contribution is 0.0955. The molecule has 3 aromatic rings. The van der Waals surface area contributed by atoms with Crippen molar-refractivity contribution in [2.75, 3.05) is 0 Å². The van der Waals surface area contributed by atoms with Crippen LogP contribution in [-0.4, -0.2) is 22.1 Å². The second-order valence-corrected chi connectivity index (χ2v) is 7.54. The summed E-state index contributed by atoms with van der Waals surface area (Å²) in [7, 11) is 0. The third-order valence-electron chi connectivity index (χ3n) is 4.15. The van der Waals surface area contributed by atoms with Gasteiger partial charge in [-0.1, -0.05) is 23.9 Å². The van der Waals surface area contributed by atoms with Crippen LogP contribution in [-0.2, 0) is 5.75 Å². The summed E-state index contributed by atoms with van der Waals surface area (Å²) in [6, 6.07) is 8.26. The highest BCUT2D eigenvalue weighted by atomic mass is 32.2. The number of amides is 1. The van der Waals surface area contributed by atoms with E-state index in [4.69, 9.17) is 0 Å². The van der Waals surface area contributed by atoms with Crippen LogP contribution < -0.4 is 5.43 Å². The van der Waals surface area contributed by atoms with Gasteiger partial charge in [0.05, 0.1) is 11.8 Å².